The molecule has 0 atom stereocenters. The van der Waals surface area contributed by atoms with Crippen LogP contribution in [0.5, 0.6) is 0 Å². The zero-order chi connectivity index (χ0) is 20.5. The van der Waals surface area contributed by atoms with Crippen molar-refractivity contribution in [3.05, 3.63) is 12.3 Å². The van der Waals surface area contributed by atoms with Gasteiger partial charge in [0.05, 0.1) is 38.7 Å². The van der Waals surface area contributed by atoms with E-state index in [1.54, 1.807) is 0 Å². The highest BCUT2D eigenvalue weighted by Crippen LogP contribution is 2.17. The van der Waals surface area contributed by atoms with Crippen molar-refractivity contribution in [2.24, 2.45) is 0 Å². The van der Waals surface area contributed by atoms with Crippen molar-refractivity contribution in [1.82, 2.24) is 0 Å². The highest BCUT2D eigenvalue weighted by atomic mass is 16.4. The van der Waals surface area contributed by atoms with E-state index in [4.69, 9.17) is 10.2 Å². The summed E-state index contributed by atoms with van der Waals surface area (Å²) in [6, 6.07) is 0. The Hall–Kier alpha value is -1.89. The molecule has 7 heteroatoms. The van der Waals surface area contributed by atoms with Gasteiger partial charge in [0.1, 0.15) is 0 Å². The molecule has 0 amide bonds. The molecule has 0 aromatic carbocycles. The van der Waals surface area contributed by atoms with Gasteiger partial charge in [-0.2, -0.15) is 0 Å². The fraction of sp³-hybridized carbons (Fsp3) is 0.750. The van der Waals surface area contributed by atoms with Crippen LogP contribution < -0.4 is 5.11 Å². The van der Waals surface area contributed by atoms with Gasteiger partial charge < -0.3 is 20.1 Å². The van der Waals surface area contributed by atoms with Crippen molar-refractivity contribution < 1.29 is 34.2 Å². The van der Waals surface area contributed by atoms with Crippen LogP contribution >= 0.6 is 0 Å². The Balaban J connectivity index is 5.01. The maximum absolute atomic E-state index is 10.9. The van der Waals surface area contributed by atoms with Gasteiger partial charge in [-0.25, -0.2) is 0 Å². The number of hydrogen-bond donors (Lipinski definition) is 2. The topological polar surface area (TPSA) is 115 Å². The van der Waals surface area contributed by atoms with Gasteiger partial charge in [0.15, 0.2) is 0 Å². The van der Waals surface area contributed by atoms with Gasteiger partial charge in [-0.15, -0.1) is 0 Å². The average molecular weight is 386 g/mol. The lowest BCUT2D eigenvalue weighted by molar-refractivity contribution is -0.880. The van der Waals surface area contributed by atoms with Crippen LogP contribution in [0.2, 0.25) is 0 Å². The van der Waals surface area contributed by atoms with Gasteiger partial charge in [0, 0.05) is 25.2 Å². The van der Waals surface area contributed by atoms with Gasteiger partial charge >= 0.3 is 11.9 Å². The zero-order valence-electron chi connectivity index (χ0n) is 16.5. The van der Waals surface area contributed by atoms with Crippen molar-refractivity contribution in [2.45, 2.75) is 77.6 Å². The van der Waals surface area contributed by atoms with Crippen LogP contribution in [0, 0.1) is 0 Å². The summed E-state index contributed by atoms with van der Waals surface area (Å²) in [4.78, 5) is 32.5. The molecule has 0 spiro atoms. The molecule has 156 valence electrons. The van der Waals surface area contributed by atoms with Crippen molar-refractivity contribution in [1.29, 1.82) is 0 Å². The van der Waals surface area contributed by atoms with Gasteiger partial charge in [-0.3, -0.25) is 14.1 Å². The molecule has 0 saturated carbocycles. The molecule has 0 radical (unpaired) electrons. The quantitative estimate of drug-likeness (QED) is 0.277. The lowest BCUT2D eigenvalue weighted by Gasteiger charge is -2.35. The number of rotatable bonds is 18. The molecule has 0 heterocycles. The first-order valence-corrected chi connectivity index (χ1v) is 9.98. The van der Waals surface area contributed by atoms with Gasteiger partial charge in [-0.1, -0.05) is 26.2 Å². The van der Waals surface area contributed by atoms with E-state index < -0.39 is 17.9 Å². The smallest absolute Gasteiger partial charge is 0.303 e. The first kappa shape index (κ1) is 25.1. The fourth-order valence-electron chi connectivity index (χ4n) is 3.17. The molecule has 0 aliphatic rings. The molecule has 0 fully saturated rings. The summed E-state index contributed by atoms with van der Waals surface area (Å²) in [6.07, 6.45) is 11.0. The van der Waals surface area contributed by atoms with Crippen LogP contribution in [0.3, 0.4) is 0 Å². The van der Waals surface area contributed by atoms with E-state index in [9.17, 15) is 19.5 Å². The minimum atomic E-state index is -1.10. The number of hydrogen-bond acceptors (Lipinski definition) is 4. The molecular formula is C20H35NO6. The summed E-state index contributed by atoms with van der Waals surface area (Å²) in [5, 5.41) is 28.6. The molecular weight excluding hydrogens is 350 g/mol. The standard InChI is InChI=1S/C20H35NO6/c1-2-3-4-5-6-7-14-21(15-8-11-18(22)23,16-9-12-19(24)25)17-10-13-20(26)27/h7,14H,2-6,8-13,15-17H2,1H3,(H2-,22,23,24,25,26,27)/b14-7+. The maximum Gasteiger partial charge on any atom is 0.303 e. The summed E-state index contributed by atoms with van der Waals surface area (Å²) in [5.41, 5.74) is 0. The molecule has 7 nitrogen and oxygen atoms in total. The van der Waals surface area contributed by atoms with Crippen molar-refractivity contribution in [3.63, 3.8) is 0 Å². The van der Waals surface area contributed by atoms with Crippen LogP contribution in [0.25, 0.3) is 0 Å². The Morgan fingerprint density at radius 3 is 1.78 bits per heavy atom. The van der Waals surface area contributed by atoms with Gasteiger partial charge in [0.25, 0.3) is 0 Å². The molecule has 27 heavy (non-hydrogen) atoms. The lowest BCUT2D eigenvalue weighted by atomic mass is 10.1. The van der Waals surface area contributed by atoms with Crippen LogP contribution in [-0.4, -0.2) is 52.2 Å². The molecule has 0 aliphatic heterocycles. The second-order valence-electron chi connectivity index (χ2n) is 7.09. The summed E-state index contributed by atoms with van der Waals surface area (Å²) in [7, 11) is 0. The second kappa shape index (κ2) is 15.2. The third kappa shape index (κ3) is 14.9. The Bertz CT molecular complexity index is 425. The molecule has 0 rings (SSSR count). The van der Waals surface area contributed by atoms with E-state index in [1.165, 1.54) is 6.42 Å². The molecule has 2 N–H and O–H groups in total. The average Bonchev–Trinajstić information content (AvgIpc) is 2.57. The fourth-order valence-corrected chi connectivity index (χ4v) is 3.17. The number of nitrogens with zero attached hydrogens (tertiary/aromatic N) is 1. The molecule has 0 aromatic rings. The van der Waals surface area contributed by atoms with Crippen molar-refractivity contribution in [2.75, 3.05) is 19.6 Å². The number of carbonyl (C=O) groups is 3. The van der Waals surface area contributed by atoms with Crippen LogP contribution in [0.15, 0.2) is 12.3 Å². The molecule has 0 aliphatic carbocycles. The predicted octanol–water partition coefficient (Wildman–Crippen LogP) is 2.55. The Morgan fingerprint density at radius 1 is 0.815 bits per heavy atom. The number of allylic oxidation sites excluding steroid dienone is 1. The number of aliphatic carboxylic acids is 3. The monoisotopic (exact) mass is 385 g/mol. The minimum Gasteiger partial charge on any atom is -0.550 e. The number of carboxylic acids is 3. The number of unbranched alkanes of at least 4 members (excludes halogenated alkanes) is 4. The minimum absolute atomic E-state index is 0.0454. The van der Waals surface area contributed by atoms with E-state index in [0.717, 1.165) is 25.7 Å². The maximum atomic E-state index is 10.9. The third-order valence-electron chi connectivity index (χ3n) is 4.62. The summed E-state index contributed by atoms with van der Waals surface area (Å²) >= 11 is 0. The Labute approximate surface area is 162 Å². The first-order valence-electron chi connectivity index (χ1n) is 9.98. The largest absolute Gasteiger partial charge is 0.550 e. The zero-order valence-corrected chi connectivity index (χ0v) is 16.5. The number of quaternary nitrogens is 1. The Kier molecular flexibility index (Phi) is 14.1. The Morgan fingerprint density at radius 2 is 1.33 bits per heavy atom. The second-order valence-corrected chi connectivity index (χ2v) is 7.09. The molecule has 0 aromatic heterocycles. The van der Waals surface area contributed by atoms with E-state index in [-0.39, 0.29) is 19.3 Å². The van der Waals surface area contributed by atoms with E-state index in [1.807, 2.05) is 6.20 Å². The third-order valence-corrected chi connectivity index (χ3v) is 4.62. The van der Waals surface area contributed by atoms with Gasteiger partial charge in [0.2, 0.25) is 0 Å². The summed E-state index contributed by atoms with van der Waals surface area (Å²) < 4.78 is 0.432. The first-order chi connectivity index (χ1) is 12.8. The van der Waals surface area contributed by atoms with Crippen LogP contribution in [-0.2, 0) is 14.4 Å². The van der Waals surface area contributed by atoms with E-state index in [0.29, 0.717) is 43.4 Å². The molecule has 0 saturated heterocycles. The van der Waals surface area contributed by atoms with Crippen LogP contribution in [0.4, 0.5) is 0 Å². The predicted molar refractivity (Wildman–Crippen MR) is 101 cm³/mol. The molecule has 0 unspecified atom stereocenters. The molecule has 0 bridgehead atoms. The normalized spacial score (nSPS) is 11.7. The number of carbonyl (C=O) groups excluding carboxylic acids is 1. The van der Waals surface area contributed by atoms with E-state index in [2.05, 4.69) is 13.0 Å². The van der Waals surface area contributed by atoms with E-state index >= 15 is 0 Å². The van der Waals surface area contributed by atoms with Crippen molar-refractivity contribution >= 4 is 17.9 Å². The highest BCUT2D eigenvalue weighted by molar-refractivity contribution is 5.66. The van der Waals surface area contributed by atoms with Crippen LogP contribution in [0.1, 0.15) is 77.6 Å². The number of carboxylic acid groups (broad SMARTS) is 3. The van der Waals surface area contributed by atoms with Gasteiger partial charge in [-0.05, 0) is 25.3 Å². The highest BCUT2D eigenvalue weighted by Gasteiger charge is 2.24. The summed E-state index contributed by atoms with van der Waals surface area (Å²) in [6.45, 7) is 3.81. The summed E-state index contributed by atoms with van der Waals surface area (Å²) in [5.74, 6) is -2.83. The SMILES string of the molecule is CCCCCC/C=C/[N+](CCCC(=O)[O-])(CCCC(=O)O)CCCC(=O)O. The van der Waals surface area contributed by atoms with Crippen molar-refractivity contribution in [3.8, 4) is 0 Å². The lowest BCUT2D eigenvalue weighted by Crippen LogP contribution is -2.46.